The number of amides is 1. The van der Waals surface area contributed by atoms with Crippen LogP contribution >= 0.6 is 22.9 Å². The van der Waals surface area contributed by atoms with Gasteiger partial charge in [-0.15, -0.1) is 10.2 Å². The van der Waals surface area contributed by atoms with Crippen LogP contribution in [0.5, 0.6) is 5.75 Å². The molecule has 0 aliphatic heterocycles. The quantitative estimate of drug-likeness (QED) is 0.611. The minimum absolute atomic E-state index is 0.253. The lowest BCUT2D eigenvalue weighted by atomic mass is 10.2. The number of hydrogen-bond acceptors (Lipinski definition) is 5. The van der Waals surface area contributed by atoms with Gasteiger partial charge in [0.2, 0.25) is 5.13 Å². The Bertz CT molecular complexity index is 941. The van der Waals surface area contributed by atoms with E-state index < -0.39 is 6.10 Å². The van der Waals surface area contributed by atoms with E-state index >= 15 is 0 Å². The standard InChI is InChI=1S/C20H20ClN3O2S/c1-4-17(26-15-9-10-16(21)13(3)11-15)18(25)22-20-24-23-19(27-20)14-7-5-12(2)6-8-14/h5-11,17H,4H2,1-3H3,(H,22,24,25). The fourth-order valence-corrected chi connectivity index (χ4v) is 3.32. The smallest absolute Gasteiger partial charge is 0.267 e. The van der Waals surface area contributed by atoms with Crippen LogP contribution < -0.4 is 10.1 Å². The molecule has 0 aliphatic carbocycles. The molecule has 27 heavy (non-hydrogen) atoms. The second kappa shape index (κ2) is 8.50. The van der Waals surface area contributed by atoms with Crippen LogP contribution in [0.15, 0.2) is 42.5 Å². The Morgan fingerprint density at radius 3 is 2.59 bits per heavy atom. The molecule has 0 aliphatic rings. The first-order valence-electron chi connectivity index (χ1n) is 8.60. The molecule has 7 heteroatoms. The summed E-state index contributed by atoms with van der Waals surface area (Å²) in [6, 6.07) is 13.3. The highest BCUT2D eigenvalue weighted by atomic mass is 35.5. The molecule has 0 fully saturated rings. The number of benzene rings is 2. The van der Waals surface area contributed by atoms with Gasteiger partial charge in [0.05, 0.1) is 0 Å². The summed E-state index contributed by atoms with van der Waals surface area (Å²) < 4.78 is 5.82. The SMILES string of the molecule is CCC(Oc1ccc(Cl)c(C)c1)C(=O)Nc1nnc(-c2ccc(C)cc2)s1. The number of nitrogens with zero attached hydrogens (tertiary/aromatic N) is 2. The number of hydrogen-bond donors (Lipinski definition) is 1. The van der Waals surface area contributed by atoms with Gasteiger partial charge in [0.1, 0.15) is 10.8 Å². The van der Waals surface area contributed by atoms with Crippen molar-refractivity contribution in [3.05, 3.63) is 58.6 Å². The molecule has 3 rings (SSSR count). The fraction of sp³-hybridized carbons (Fsp3) is 0.250. The zero-order chi connectivity index (χ0) is 19.4. The van der Waals surface area contributed by atoms with Crippen LogP contribution in [0.4, 0.5) is 5.13 Å². The van der Waals surface area contributed by atoms with Gasteiger partial charge in [0.25, 0.3) is 5.91 Å². The largest absolute Gasteiger partial charge is 0.481 e. The van der Waals surface area contributed by atoms with E-state index in [1.54, 1.807) is 12.1 Å². The lowest BCUT2D eigenvalue weighted by Gasteiger charge is -2.16. The Morgan fingerprint density at radius 1 is 1.19 bits per heavy atom. The summed E-state index contributed by atoms with van der Waals surface area (Å²) in [5.74, 6) is 0.355. The van der Waals surface area contributed by atoms with Gasteiger partial charge in [0.15, 0.2) is 6.10 Å². The number of halogens is 1. The van der Waals surface area contributed by atoms with Crippen molar-refractivity contribution in [2.24, 2.45) is 0 Å². The monoisotopic (exact) mass is 401 g/mol. The van der Waals surface area contributed by atoms with E-state index in [0.29, 0.717) is 22.3 Å². The van der Waals surface area contributed by atoms with Crippen LogP contribution in [-0.2, 0) is 4.79 Å². The van der Waals surface area contributed by atoms with Crippen LogP contribution in [0.2, 0.25) is 5.02 Å². The van der Waals surface area contributed by atoms with Crippen LogP contribution in [0.1, 0.15) is 24.5 Å². The molecule has 1 N–H and O–H groups in total. The first-order chi connectivity index (χ1) is 13.0. The molecule has 0 bridgehead atoms. The van der Waals surface area contributed by atoms with E-state index in [4.69, 9.17) is 16.3 Å². The first-order valence-corrected chi connectivity index (χ1v) is 9.80. The summed E-state index contributed by atoms with van der Waals surface area (Å²) in [5.41, 5.74) is 3.05. The number of aromatic nitrogens is 2. The van der Waals surface area contributed by atoms with E-state index in [1.165, 1.54) is 16.9 Å². The molecule has 1 aromatic heterocycles. The van der Waals surface area contributed by atoms with Crippen LogP contribution in [0.25, 0.3) is 10.6 Å². The molecule has 0 radical (unpaired) electrons. The molecular formula is C20H20ClN3O2S. The van der Waals surface area contributed by atoms with Gasteiger partial charge in [-0.05, 0) is 44.0 Å². The van der Waals surface area contributed by atoms with Gasteiger partial charge < -0.3 is 4.74 Å². The molecule has 1 unspecified atom stereocenters. The molecule has 140 valence electrons. The molecule has 0 saturated carbocycles. The summed E-state index contributed by atoms with van der Waals surface area (Å²) in [5, 5.41) is 12.9. The topological polar surface area (TPSA) is 64.1 Å². The average Bonchev–Trinajstić information content (AvgIpc) is 3.11. The van der Waals surface area contributed by atoms with Crippen LogP contribution in [0, 0.1) is 13.8 Å². The number of aryl methyl sites for hydroxylation is 2. The number of nitrogens with one attached hydrogen (secondary N) is 1. The Hall–Kier alpha value is -2.44. The Labute approximate surface area is 167 Å². The Kier molecular flexibility index (Phi) is 6.08. The first kappa shape index (κ1) is 19.3. The van der Waals surface area contributed by atoms with Crippen molar-refractivity contribution in [2.45, 2.75) is 33.3 Å². The Morgan fingerprint density at radius 2 is 1.93 bits per heavy atom. The van der Waals surface area contributed by atoms with Crippen LogP contribution in [0.3, 0.4) is 0 Å². The predicted molar refractivity (Wildman–Crippen MR) is 110 cm³/mol. The van der Waals surface area contributed by atoms with Gasteiger partial charge >= 0.3 is 0 Å². The van der Waals surface area contributed by atoms with Crippen molar-refractivity contribution in [2.75, 3.05) is 5.32 Å². The summed E-state index contributed by atoms with van der Waals surface area (Å²) in [7, 11) is 0. The van der Waals surface area contributed by atoms with Gasteiger partial charge in [-0.2, -0.15) is 0 Å². The highest BCUT2D eigenvalue weighted by molar-refractivity contribution is 7.18. The maximum absolute atomic E-state index is 12.6. The van der Waals surface area contributed by atoms with E-state index in [1.807, 2.05) is 51.1 Å². The lowest BCUT2D eigenvalue weighted by Crippen LogP contribution is -2.32. The minimum atomic E-state index is -0.627. The van der Waals surface area contributed by atoms with Crippen molar-refractivity contribution in [1.29, 1.82) is 0 Å². The molecule has 1 heterocycles. The molecular weight excluding hydrogens is 382 g/mol. The van der Waals surface area contributed by atoms with Crippen molar-refractivity contribution in [1.82, 2.24) is 10.2 Å². The third-order valence-electron chi connectivity index (χ3n) is 4.02. The zero-order valence-corrected chi connectivity index (χ0v) is 16.9. The fourth-order valence-electron chi connectivity index (χ4n) is 2.45. The number of carbonyl (C=O) groups excluding carboxylic acids is 1. The predicted octanol–water partition coefficient (Wildman–Crippen LogP) is 5.27. The third kappa shape index (κ3) is 4.84. The maximum Gasteiger partial charge on any atom is 0.267 e. The van der Waals surface area contributed by atoms with E-state index in [-0.39, 0.29) is 5.91 Å². The molecule has 3 aromatic rings. The molecule has 1 atom stereocenters. The highest BCUT2D eigenvalue weighted by Gasteiger charge is 2.20. The molecule has 2 aromatic carbocycles. The number of ether oxygens (including phenoxy) is 1. The molecule has 5 nitrogen and oxygen atoms in total. The van der Waals surface area contributed by atoms with Crippen molar-refractivity contribution in [3.63, 3.8) is 0 Å². The molecule has 0 spiro atoms. The summed E-state index contributed by atoms with van der Waals surface area (Å²) in [4.78, 5) is 12.6. The minimum Gasteiger partial charge on any atom is -0.481 e. The van der Waals surface area contributed by atoms with Gasteiger partial charge in [-0.25, -0.2) is 0 Å². The molecule has 0 saturated heterocycles. The number of rotatable bonds is 6. The highest BCUT2D eigenvalue weighted by Crippen LogP contribution is 2.27. The Balaban J connectivity index is 1.67. The second-order valence-electron chi connectivity index (χ2n) is 6.19. The number of anilines is 1. The summed E-state index contributed by atoms with van der Waals surface area (Å²) in [6.45, 7) is 5.82. The average molecular weight is 402 g/mol. The van der Waals surface area contributed by atoms with E-state index in [2.05, 4.69) is 15.5 Å². The van der Waals surface area contributed by atoms with Crippen LogP contribution in [-0.4, -0.2) is 22.2 Å². The summed E-state index contributed by atoms with van der Waals surface area (Å²) >= 11 is 7.37. The molecule has 1 amide bonds. The third-order valence-corrected chi connectivity index (χ3v) is 5.34. The van der Waals surface area contributed by atoms with E-state index in [9.17, 15) is 4.79 Å². The second-order valence-corrected chi connectivity index (χ2v) is 7.58. The normalized spacial score (nSPS) is 11.9. The van der Waals surface area contributed by atoms with Gasteiger partial charge in [-0.3, -0.25) is 10.1 Å². The number of carbonyl (C=O) groups is 1. The maximum atomic E-state index is 12.6. The van der Waals surface area contributed by atoms with Crippen molar-refractivity contribution in [3.8, 4) is 16.3 Å². The zero-order valence-electron chi connectivity index (χ0n) is 15.3. The summed E-state index contributed by atoms with van der Waals surface area (Å²) in [6.07, 6.45) is -0.103. The van der Waals surface area contributed by atoms with Gasteiger partial charge in [-0.1, -0.05) is 59.7 Å². The van der Waals surface area contributed by atoms with Gasteiger partial charge in [0, 0.05) is 10.6 Å². The van der Waals surface area contributed by atoms with Crippen molar-refractivity contribution < 1.29 is 9.53 Å². The van der Waals surface area contributed by atoms with Crippen molar-refractivity contribution >= 4 is 34.0 Å². The van der Waals surface area contributed by atoms with E-state index in [0.717, 1.165) is 16.1 Å². The lowest BCUT2D eigenvalue weighted by molar-refractivity contribution is -0.122.